The Morgan fingerprint density at radius 3 is 2.00 bits per heavy atom. The molecule has 1 aromatic rings. The van der Waals surface area contributed by atoms with Crippen molar-refractivity contribution in [3.63, 3.8) is 0 Å². The molecule has 9 heteroatoms. The fourth-order valence-corrected chi connectivity index (χ4v) is 2.12. The summed E-state index contributed by atoms with van der Waals surface area (Å²) < 4.78 is 4.85. The number of carbonyl (C=O) groups excluding carboxylic acids is 3. The number of carboxylic acid groups (broad SMARTS) is 2. The van der Waals surface area contributed by atoms with Crippen LogP contribution < -0.4 is 0 Å². The van der Waals surface area contributed by atoms with Crippen LogP contribution in [0.3, 0.4) is 0 Å². The van der Waals surface area contributed by atoms with Crippen LogP contribution in [0.15, 0.2) is 42.5 Å². The van der Waals surface area contributed by atoms with E-state index in [1.165, 1.54) is 24.3 Å². The number of aliphatic carboxylic acids is 2. The van der Waals surface area contributed by atoms with E-state index >= 15 is 0 Å². The molecule has 0 aliphatic carbocycles. The molecule has 0 saturated carbocycles. The summed E-state index contributed by atoms with van der Waals surface area (Å²) >= 11 is 0. The maximum atomic E-state index is 12.2. The molecule has 1 atom stereocenters. The molecule has 1 unspecified atom stereocenters. The first-order valence-corrected chi connectivity index (χ1v) is 6.58. The summed E-state index contributed by atoms with van der Waals surface area (Å²) in [4.78, 5) is 58.7. The number of rotatable bonds is 6. The van der Waals surface area contributed by atoms with Gasteiger partial charge in [0, 0.05) is 12.2 Å². The van der Waals surface area contributed by atoms with Gasteiger partial charge in [0.1, 0.15) is 6.42 Å². The van der Waals surface area contributed by atoms with Crippen molar-refractivity contribution >= 4 is 29.7 Å². The van der Waals surface area contributed by atoms with Gasteiger partial charge in [-0.2, -0.15) is 0 Å². The Labute approximate surface area is 134 Å². The summed E-state index contributed by atoms with van der Waals surface area (Å²) in [5, 5.41) is 18.4. The number of hydrogen-bond donors (Lipinski definition) is 2. The van der Waals surface area contributed by atoms with Gasteiger partial charge < -0.3 is 14.9 Å². The number of hydrogen-bond acceptors (Lipinski definition) is 6. The Morgan fingerprint density at radius 2 is 1.54 bits per heavy atom. The predicted octanol–water partition coefficient (Wildman–Crippen LogP) is 0.0240. The normalized spacial score (nSPS) is 15.9. The van der Waals surface area contributed by atoms with Crippen LogP contribution in [0.2, 0.25) is 0 Å². The first-order chi connectivity index (χ1) is 11.3. The number of benzene rings is 1. The van der Waals surface area contributed by atoms with Gasteiger partial charge in [-0.25, -0.2) is 14.5 Å². The highest BCUT2D eigenvalue weighted by molar-refractivity contribution is 6.16. The average molecular weight is 333 g/mol. The number of amides is 2. The van der Waals surface area contributed by atoms with Crippen molar-refractivity contribution in [3.05, 3.63) is 48.0 Å². The molecule has 0 spiro atoms. The fourth-order valence-electron chi connectivity index (χ4n) is 2.12. The Hall–Kier alpha value is -3.49. The van der Waals surface area contributed by atoms with Crippen molar-refractivity contribution in [1.29, 1.82) is 0 Å². The second kappa shape index (κ2) is 6.32. The summed E-state index contributed by atoms with van der Waals surface area (Å²) in [6.07, 6.45) is 0.219. The smallest absolute Gasteiger partial charge is 0.371 e. The molecule has 9 nitrogen and oxygen atoms in total. The van der Waals surface area contributed by atoms with E-state index in [4.69, 9.17) is 9.84 Å². The summed E-state index contributed by atoms with van der Waals surface area (Å²) in [5.74, 6) is -7.01. The molecular weight excluding hydrogens is 322 g/mol. The Balaban J connectivity index is 2.47. The lowest BCUT2D eigenvalue weighted by Gasteiger charge is -2.34. The molecule has 124 valence electrons. The molecular formula is C15H11NO8. The van der Waals surface area contributed by atoms with Gasteiger partial charge in [-0.15, -0.1) is 0 Å². The molecule has 1 aromatic carbocycles. The third-order valence-corrected chi connectivity index (χ3v) is 3.17. The molecule has 0 aromatic heterocycles. The van der Waals surface area contributed by atoms with Crippen molar-refractivity contribution in [3.8, 4) is 0 Å². The lowest BCUT2D eigenvalue weighted by atomic mass is 10.1. The molecule has 1 aliphatic heterocycles. The second-order valence-corrected chi connectivity index (χ2v) is 4.76. The highest BCUT2D eigenvalue weighted by atomic mass is 16.6. The molecule has 1 aliphatic rings. The minimum absolute atomic E-state index is 0.0689. The van der Waals surface area contributed by atoms with Gasteiger partial charge in [0.25, 0.3) is 11.8 Å². The molecule has 24 heavy (non-hydrogen) atoms. The number of carbonyl (C=O) groups is 5. The van der Waals surface area contributed by atoms with E-state index in [0.717, 1.165) is 12.2 Å². The van der Waals surface area contributed by atoms with Crippen LogP contribution in [0.1, 0.15) is 16.8 Å². The van der Waals surface area contributed by atoms with Gasteiger partial charge in [0.2, 0.25) is 0 Å². The second-order valence-electron chi connectivity index (χ2n) is 4.76. The summed E-state index contributed by atoms with van der Waals surface area (Å²) in [6.45, 7) is 0. The van der Waals surface area contributed by atoms with Crippen LogP contribution in [0.4, 0.5) is 0 Å². The van der Waals surface area contributed by atoms with Crippen LogP contribution in [0, 0.1) is 0 Å². The summed E-state index contributed by atoms with van der Waals surface area (Å²) in [6, 6.07) is 7.16. The zero-order chi connectivity index (χ0) is 17.9. The van der Waals surface area contributed by atoms with Crippen molar-refractivity contribution in [2.75, 3.05) is 0 Å². The average Bonchev–Trinajstić information content (AvgIpc) is 2.86. The molecule has 2 amide bonds. The Bertz CT molecular complexity index is 736. The molecule has 0 saturated heterocycles. The van der Waals surface area contributed by atoms with Crippen LogP contribution in [0.25, 0.3) is 0 Å². The largest absolute Gasteiger partial charge is 0.481 e. The number of carboxylic acids is 2. The van der Waals surface area contributed by atoms with E-state index in [1.54, 1.807) is 6.07 Å². The summed E-state index contributed by atoms with van der Waals surface area (Å²) in [5.41, 5.74) is -3.06. The third-order valence-electron chi connectivity index (χ3n) is 3.17. The van der Waals surface area contributed by atoms with Crippen molar-refractivity contribution in [2.24, 2.45) is 0 Å². The number of ether oxygens (including phenoxy) is 1. The van der Waals surface area contributed by atoms with Gasteiger partial charge in [0.15, 0.2) is 0 Å². The Morgan fingerprint density at radius 1 is 1.00 bits per heavy atom. The quantitative estimate of drug-likeness (QED) is 0.549. The Kier molecular flexibility index (Phi) is 4.45. The summed E-state index contributed by atoms with van der Waals surface area (Å²) in [7, 11) is 0. The maximum Gasteiger partial charge on any atom is 0.371 e. The molecule has 2 rings (SSSR count). The van der Waals surface area contributed by atoms with Crippen LogP contribution in [0.5, 0.6) is 0 Å². The van der Waals surface area contributed by atoms with E-state index in [1.807, 2.05) is 0 Å². The fraction of sp³-hybridized carbons (Fsp3) is 0.133. The van der Waals surface area contributed by atoms with Crippen LogP contribution in [-0.2, 0) is 23.9 Å². The zero-order valence-electron chi connectivity index (χ0n) is 12.0. The predicted molar refractivity (Wildman–Crippen MR) is 75.5 cm³/mol. The molecule has 2 N–H and O–H groups in total. The van der Waals surface area contributed by atoms with Crippen LogP contribution >= 0.6 is 0 Å². The highest BCUT2D eigenvalue weighted by Gasteiger charge is 2.56. The minimum Gasteiger partial charge on any atom is -0.481 e. The maximum absolute atomic E-state index is 12.2. The molecule has 0 bridgehead atoms. The highest BCUT2D eigenvalue weighted by Crippen LogP contribution is 2.28. The number of imide groups is 1. The van der Waals surface area contributed by atoms with E-state index in [0.29, 0.717) is 0 Å². The van der Waals surface area contributed by atoms with Crippen molar-refractivity contribution in [2.45, 2.75) is 12.1 Å². The van der Waals surface area contributed by atoms with Gasteiger partial charge in [-0.1, -0.05) is 18.2 Å². The number of nitrogens with zero attached hydrogens (tertiary/aromatic N) is 1. The third kappa shape index (κ3) is 3.00. The van der Waals surface area contributed by atoms with Gasteiger partial charge in [0.05, 0.1) is 5.56 Å². The van der Waals surface area contributed by atoms with Crippen molar-refractivity contribution < 1.29 is 38.9 Å². The monoisotopic (exact) mass is 333 g/mol. The van der Waals surface area contributed by atoms with Gasteiger partial charge >= 0.3 is 23.6 Å². The van der Waals surface area contributed by atoms with Gasteiger partial charge in [-0.3, -0.25) is 14.4 Å². The minimum atomic E-state index is -2.99. The SMILES string of the molecule is O=C(O)CC(OC(=O)c1ccccc1)(C(=O)O)N1C(=O)C=CC1=O. The van der Waals surface area contributed by atoms with E-state index in [9.17, 15) is 29.1 Å². The van der Waals surface area contributed by atoms with Crippen LogP contribution in [-0.4, -0.2) is 50.6 Å². The number of esters is 1. The standard InChI is InChI=1S/C15H11NO8/c17-10-6-7-11(18)16(10)15(14(22)23,8-12(19)20)24-13(21)9-4-2-1-3-5-9/h1-7H,8H2,(H,19,20)(H,22,23). The van der Waals surface area contributed by atoms with E-state index in [-0.39, 0.29) is 10.5 Å². The lowest BCUT2D eigenvalue weighted by molar-refractivity contribution is -0.193. The van der Waals surface area contributed by atoms with Gasteiger partial charge in [-0.05, 0) is 12.1 Å². The topological polar surface area (TPSA) is 138 Å². The van der Waals surface area contributed by atoms with Crippen molar-refractivity contribution in [1.82, 2.24) is 4.90 Å². The van der Waals surface area contributed by atoms with E-state index in [2.05, 4.69) is 0 Å². The molecule has 0 radical (unpaired) electrons. The zero-order valence-corrected chi connectivity index (χ0v) is 12.0. The molecule has 0 fully saturated rings. The lowest BCUT2D eigenvalue weighted by Crippen LogP contribution is -2.61. The molecule has 1 heterocycles. The van der Waals surface area contributed by atoms with E-state index < -0.39 is 41.9 Å². The first-order valence-electron chi connectivity index (χ1n) is 6.58. The first kappa shape index (κ1) is 16.9.